The minimum absolute atomic E-state index is 0.0227. The van der Waals surface area contributed by atoms with Gasteiger partial charge in [0.1, 0.15) is 5.75 Å². The van der Waals surface area contributed by atoms with Gasteiger partial charge in [-0.25, -0.2) is 0 Å². The Kier molecular flexibility index (Phi) is 6.88. The van der Waals surface area contributed by atoms with E-state index in [9.17, 15) is 9.59 Å². The third kappa shape index (κ3) is 5.81. The molecule has 0 radical (unpaired) electrons. The summed E-state index contributed by atoms with van der Waals surface area (Å²) < 4.78 is 5.26. The average Bonchev–Trinajstić information content (AvgIpc) is 2.70. The van der Waals surface area contributed by atoms with Gasteiger partial charge in [-0.05, 0) is 75.7 Å². The van der Waals surface area contributed by atoms with Crippen molar-refractivity contribution in [3.63, 3.8) is 0 Å². The molecule has 154 valence electrons. The Balaban J connectivity index is 1.44. The zero-order valence-electron chi connectivity index (χ0n) is 17.3. The number of ether oxygens (including phenoxy) is 1. The fourth-order valence-electron chi connectivity index (χ4n) is 3.59. The standard InChI is InChI=1S/C23H29N3O3/c1-16-4-6-19(7-5-16)24-22(27)15-26-12-10-18(11-13-26)23(28)25-20-8-9-21(29-3)17(2)14-20/h4-9,14,18H,10-13,15H2,1-3H3,(H,24,27)(H,25,28). The van der Waals surface area contributed by atoms with E-state index in [1.807, 2.05) is 56.3 Å². The molecule has 2 N–H and O–H groups in total. The molecule has 6 heteroatoms. The summed E-state index contributed by atoms with van der Waals surface area (Å²) >= 11 is 0. The van der Waals surface area contributed by atoms with Gasteiger partial charge >= 0.3 is 0 Å². The Bertz CT molecular complexity index is 856. The Labute approximate surface area is 172 Å². The summed E-state index contributed by atoms with van der Waals surface area (Å²) in [5, 5.41) is 5.93. The summed E-state index contributed by atoms with van der Waals surface area (Å²) in [6, 6.07) is 13.4. The second kappa shape index (κ2) is 9.56. The van der Waals surface area contributed by atoms with Crippen LogP contribution in [0.25, 0.3) is 0 Å². The van der Waals surface area contributed by atoms with E-state index in [0.717, 1.165) is 54.2 Å². The van der Waals surface area contributed by atoms with Gasteiger partial charge in [-0.1, -0.05) is 17.7 Å². The van der Waals surface area contributed by atoms with Gasteiger partial charge in [0.25, 0.3) is 0 Å². The lowest BCUT2D eigenvalue weighted by Crippen LogP contribution is -2.41. The van der Waals surface area contributed by atoms with Crippen LogP contribution in [0, 0.1) is 19.8 Å². The molecule has 2 amide bonds. The van der Waals surface area contributed by atoms with Crippen LogP contribution < -0.4 is 15.4 Å². The third-order valence-electron chi connectivity index (χ3n) is 5.32. The van der Waals surface area contributed by atoms with Gasteiger partial charge in [-0.2, -0.15) is 0 Å². The first-order valence-corrected chi connectivity index (χ1v) is 9.99. The van der Waals surface area contributed by atoms with E-state index in [0.29, 0.717) is 6.54 Å². The maximum absolute atomic E-state index is 12.6. The summed E-state index contributed by atoms with van der Waals surface area (Å²) in [6.45, 7) is 5.79. The topological polar surface area (TPSA) is 70.7 Å². The molecule has 1 aliphatic heterocycles. The molecule has 0 spiro atoms. The highest BCUT2D eigenvalue weighted by molar-refractivity contribution is 5.93. The highest BCUT2D eigenvalue weighted by Crippen LogP contribution is 2.24. The number of methoxy groups -OCH3 is 1. The third-order valence-corrected chi connectivity index (χ3v) is 5.32. The second-order valence-corrected chi connectivity index (χ2v) is 7.64. The molecule has 0 saturated carbocycles. The van der Waals surface area contributed by atoms with Gasteiger partial charge in [0.05, 0.1) is 13.7 Å². The quantitative estimate of drug-likeness (QED) is 0.784. The summed E-state index contributed by atoms with van der Waals surface area (Å²) in [5.41, 5.74) is 3.74. The highest BCUT2D eigenvalue weighted by Gasteiger charge is 2.26. The predicted molar refractivity (Wildman–Crippen MR) is 115 cm³/mol. The number of amides is 2. The zero-order chi connectivity index (χ0) is 20.8. The second-order valence-electron chi connectivity index (χ2n) is 7.64. The maximum atomic E-state index is 12.6. The van der Waals surface area contributed by atoms with Crippen LogP contribution in [-0.2, 0) is 9.59 Å². The molecule has 1 aliphatic rings. The molecule has 1 saturated heterocycles. The Morgan fingerprint density at radius 2 is 1.66 bits per heavy atom. The van der Waals surface area contributed by atoms with Gasteiger partial charge in [0, 0.05) is 17.3 Å². The van der Waals surface area contributed by atoms with E-state index >= 15 is 0 Å². The summed E-state index contributed by atoms with van der Waals surface area (Å²) in [7, 11) is 1.63. The fraction of sp³-hybridized carbons (Fsp3) is 0.391. The van der Waals surface area contributed by atoms with Crippen LogP contribution in [-0.4, -0.2) is 43.5 Å². The lowest BCUT2D eigenvalue weighted by atomic mass is 9.95. The summed E-state index contributed by atoms with van der Waals surface area (Å²) in [6.07, 6.45) is 1.50. The summed E-state index contributed by atoms with van der Waals surface area (Å²) in [4.78, 5) is 27.0. The predicted octanol–water partition coefficient (Wildman–Crippen LogP) is 3.60. The van der Waals surface area contributed by atoms with Crippen LogP contribution in [0.2, 0.25) is 0 Å². The molecule has 0 atom stereocenters. The van der Waals surface area contributed by atoms with E-state index in [4.69, 9.17) is 4.74 Å². The number of anilines is 2. The number of benzene rings is 2. The smallest absolute Gasteiger partial charge is 0.238 e. The van der Waals surface area contributed by atoms with E-state index in [1.54, 1.807) is 7.11 Å². The lowest BCUT2D eigenvalue weighted by molar-refractivity contribution is -0.121. The van der Waals surface area contributed by atoms with Crippen molar-refractivity contribution < 1.29 is 14.3 Å². The molecule has 0 aromatic heterocycles. The number of piperidine rings is 1. The van der Waals surface area contributed by atoms with E-state index in [2.05, 4.69) is 15.5 Å². The van der Waals surface area contributed by atoms with Crippen molar-refractivity contribution in [1.29, 1.82) is 0 Å². The Morgan fingerprint density at radius 3 is 2.28 bits per heavy atom. The van der Waals surface area contributed by atoms with Crippen LogP contribution in [0.3, 0.4) is 0 Å². The zero-order valence-corrected chi connectivity index (χ0v) is 17.3. The SMILES string of the molecule is COc1ccc(NC(=O)C2CCN(CC(=O)Nc3ccc(C)cc3)CC2)cc1C. The number of likely N-dealkylation sites (tertiary alicyclic amines) is 1. The van der Waals surface area contributed by atoms with Crippen LogP contribution in [0.5, 0.6) is 5.75 Å². The van der Waals surface area contributed by atoms with Crippen molar-refractivity contribution in [2.75, 3.05) is 37.4 Å². The molecule has 6 nitrogen and oxygen atoms in total. The number of nitrogens with one attached hydrogen (secondary N) is 2. The first kappa shape index (κ1) is 20.9. The van der Waals surface area contributed by atoms with Crippen LogP contribution >= 0.6 is 0 Å². The van der Waals surface area contributed by atoms with Crippen LogP contribution in [0.4, 0.5) is 11.4 Å². The number of rotatable bonds is 6. The first-order chi connectivity index (χ1) is 13.9. The molecule has 1 heterocycles. The van der Waals surface area contributed by atoms with Gasteiger partial charge < -0.3 is 15.4 Å². The lowest BCUT2D eigenvalue weighted by Gasteiger charge is -2.30. The largest absolute Gasteiger partial charge is 0.496 e. The molecule has 0 unspecified atom stereocenters. The number of hydrogen-bond donors (Lipinski definition) is 2. The van der Waals surface area contributed by atoms with Gasteiger partial charge in [-0.3, -0.25) is 14.5 Å². The monoisotopic (exact) mass is 395 g/mol. The van der Waals surface area contributed by atoms with Crippen molar-refractivity contribution in [3.05, 3.63) is 53.6 Å². The molecule has 1 fully saturated rings. The number of carbonyl (C=O) groups excluding carboxylic acids is 2. The first-order valence-electron chi connectivity index (χ1n) is 9.99. The Morgan fingerprint density at radius 1 is 1.00 bits per heavy atom. The van der Waals surface area contributed by atoms with E-state index in [-0.39, 0.29) is 17.7 Å². The van der Waals surface area contributed by atoms with E-state index < -0.39 is 0 Å². The number of carbonyl (C=O) groups is 2. The number of aryl methyl sites for hydroxylation is 2. The maximum Gasteiger partial charge on any atom is 0.238 e. The van der Waals surface area contributed by atoms with Crippen LogP contribution in [0.15, 0.2) is 42.5 Å². The molecule has 3 rings (SSSR count). The molecular weight excluding hydrogens is 366 g/mol. The van der Waals surface area contributed by atoms with Crippen LogP contribution in [0.1, 0.15) is 24.0 Å². The van der Waals surface area contributed by atoms with Gasteiger partial charge in [-0.15, -0.1) is 0 Å². The average molecular weight is 396 g/mol. The van der Waals surface area contributed by atoms with Crippen molar-refractivity contribution in [2.45, 2.75) is 26.7 Å². The normalized spacial score (nSPS) is 15.0. The molecule has 2 aromatic rings. The Hall–Kier alpha value is -2.86. The van der Waals surface area contributed by atoms with Crippen molar-refractivity contribution in [1.82, 2.24) is 4.90 Å². The van der Waals surface area contributed by atoms with E-state index in [1.165, 1.54) is 0 Å². The number of nitrogens with zero attached hydrogens (tertiary/aromatic N) is 1. The molecule has 0 aliphatic carbocycles. The minimum Gasteiger partial charge on any atom is -0.496 e. The fourth-order valence-corrected chi connectivity index (χ4v) is 3.59. The highest BCUT2D eigenvalue weighted by atomic mass is 16.5. The molecule has 29 heavy (non-hydrogen) atoms. The van der Waals surface area contributed by atoms with Gasteiger partial charge in [0.2, 0.25) is 11.8 Å². The molecule has 2 aromatic carbocycles. The van der Waals surface area contributed by atoms with Gasteiger partial charge in [0.15, 0.2) is 0 Å². The van der Waals surface area contributed by atoms with Crippen molar-refractivity contribution in [3.8, 4) is 5.75 Å². The number of hydrogen-bond acceptors (Lipinski definition) is 4. The molecular formula is C23H29N3O3. The van der Waals surface area contributed by atoms with Crippen molar-refractivity contribution >= 4 is 23.2 Å². The summed E-state index contributed by atoms with van der Waals surface area (Å²) in [5.74, 6) is 0.790. The molecule has 0 bridgehead atoms. The minimum atomic E-state index is -0.0335. The van der Waals surface area contributed by atoms with Crippen molar-refractivity contribution in [2.24, 2.45) is 5.92 Å².